The zero-order chi connectivity index (χ0) is 17.0. The molecule has 122 valence electrons. The van der Waals surface area contributed by atoms with Crippen LogP contribution in [0.2, 0.25) is 0 Å². The zero-order valence-electron chi connectivity index (χ0n) is 11.7. The van der Waals surface area contributed by atoms with Crippen molar-refractivity contribution in [3.05, 3.63) is 27.1 Å². The second kappa shape index (κ2) is 7.73. The van der Waals surface area contributed by atoms with Crippen molar-refractivity contribution in [2.24, 2.45) is 10.2 Å². The van der Waals surface area contributed by atoms with Gasteiger partial charge in [0.05, 0.1) is 23.3 Å². The number of carboxylic acid groups (broad SMARTS) is 1. The molecule has 2 rings (SSSR count). The van der Waals surface area contributed by atoms with E-state index in [1.807, 2.05) is 22.6 Å². The van der Waals surface area contributed by atoms with E-state index in [0.717, 1.165) is 11.8 Å². The molecule has 1 unspecified atom stereocenters. The van der Waals surface area contributed by atoms with E-state index in [9.17, 15) is 14.0 Å². The van der Waals surface area contributed by atoms with Gasteiger partial charge in [-0.3, -0.25) is 9.59 Å². The second-order valence-electron chi connectivity index (χ2n) is 4.36. The van der Waals surface area contributed by atoms with Gasteiger partial charge >= 0.3 is 5.97 Å². The van der Waals surface area contributed by atoms with Gasteiger partial charge in [-0.05, 0) is 40.3 Å². The highest BCUT2D eigenvalue weighted by Crippen LogP contribution is 2.25. The van der Waals surface area contributed by atoms with Crippen molar-refractivity contribution in [1.29, 1.82) is 0 Å². The molecule has 0 aromatic heterocycles. The molecule has 1 saturated heterocycles. The van der Waals surface area contributed by atoms with Crippen molar-refractivity contribution in [1.82, 2.24) is 5.32 Å². The Bertz CT molecular complexity index is 687. The SMILES string of the molecule is COc1c(F)cc(C=NN=C2NC(=O)C(CC(=O)O)S2)cc1I. The number of ether oxygens (including phenoxy) is 1. The molecule has 0 saturated carbocycles. The molecule has 1 aliphatic heterocycles. The van der Waals surface area contributed by atoms with Crippen LogP contribution in [0.4, 0.5) is 4.39 Å². The third kappa shape index (κ3) is 4.64. The number of hydrogen-bond acceptors (Lipinski definition) is 6. The van der Waals surface area contributed by atoms with Crippen molar-refractivity contribution < 1.29 is 23.8 Å². The standard InChI is InChI=1S/C13H11FIN3O4S/c1-22-11-7(14)2-6(3-8(11)15)5-16-18-13-17-12(21)9(23-13)4-10(19)20/h2-3,5,9H,4H2,1H3,(H,19,20)(H,17,18,21). The van der Waals surface area contributed by atoms with Gasteiger partial charge in [0.15, 0.2) is 16.7 Å². The lowest BCUT2D eigenvalue weighted by atomic mass is 10.2. The van der Waals surface area contributed by atoms with E-state index in [-0.39, 0.29) is 17.3 Å². The fourth-order valence-electron chi connectivity index (χ4n) is 1.74. The van der Waals surface area contributed by atoms with Gasteiger partial charge < -0.3 is 15.2 Å². The van der Waals surface area contributed by atoms with Gasteiger partial charge in [0.25, 0.3) is 0 Å². The van der Waals surface area contributed by atoms with Crippen LogP contribution in [0.5, 0.6) is 5.75 Å². The van der Waals surface area contributed by atoms with Crippen LogP contribution in [0, 0.1) is 9.39 Å². The lowest BCUT2D eigenvalue weighted by molar-refractivity contribution is -0.138. The van der Waals surface area contributed by atoms with E-state index in [1.165, 1.54) is 19.4 Å². The highest BCUT2D eigenvalue weighted by molar-refractivity contribution is 14.1. The predicted octanol–water partition coefficient (Wildman–Crippen LogP) is 1.84. The minimum atomic E-state index is -1.06. The summed E-state index contributed by atoms with van der Waals surface area (Å²) in [5, 5.41) is 18.2. The summed E-state index contributed by atoms with van der Waals surface area (Å²) in [5.41, 5.74) is 0.480. The molecule has 1 aromatic carbocycles. The summed E-state index contributed by atoms with van der Waals surface area (Å²) in [6.45, 7) is 0. The molecule has 0 spiro atoms. The Labute approximate surface area is 148 Å². The fraction of sp³-hybridized carbons (Fsp3) is 0.231. The molecule has 2 N–H and O–H groups in total. The van der Waals surface area contributed by atoms with Crippen LogP contribution >= 0.6 is 34.4 Å². The quantitative estimate of drug-likeness (QED) is 0.405. The normalized spacial score (nSPS) is 19.3. The van der Waals surface area contributed by atoms with Crippen LogP contribution < -0.4 is 10.1 Å². The molecule has 0 bridgehead atoms. The largest absolute Gasteiger partial charge is 0.493 e. The highest BCUT2D eigenvalue weighted by atomic mass is 127. The number of aliphatic carboxylic acids is 1. The Kier molecular flexibility index (Phi) is 5.93. The monoisotopic (exact) mass is 451 g/mol. The van der Waals surface area contributed by atoms with Gasteiger partial charge in [0.2, 0.25) is 5.91 Å². The highest BCUT2D eigenvalue weighted by Gasteiger charge is 2.32. The third-order valence-electron chi connectivity index (χ3n) is 2.72. The maximum Gasteiger partial charge on any atom is 0.305 e. The van der Waals surface area contributed by atoms with Gasteiger partial charge in [0.1, 0.15) is 5.25 Å². The first kappa shape index (κ1) is 17.7. The number of halogens is 2. The summed E-state index contributed by atoms with van der Waals surface area (Å²) < 4.78 is 19.2. The van der Waals surface area contributed by atoms with Gasteiger partial charge in [-0.15, -0.1) is 5.10 Å². The number of nitrogens with one attached hydrogen (secondary N) is 1. The first-order chi connectivity index (χ1) is 10.9. The molecule has 1 amide bonds. The van der Waals surface area contributed by atoms with Crippen LogP contribution in [0.15, 0.2) is 22.3 Å². The topological polar surface area (TPSA) is 100 Å². The first-order valence-corrected chi connectivity index (χ1v) is 8.20. The van der Waals surface area contributed by atoms with E-state index in [2.05, 4.69) is 15.5 Å². The summed E-state index contributed by atoms with van der Waals surface area (Å²) in [4.78, 5) is 22.1. The summed E-state index contributed by atoms with van der Waals surface area (Å²) in [6.07, 6.45) is 1.04. The molecular weight excluding hydrogens is 440 g/mol. The Morgan fingerprint density at radius 3 is 2.96 bits per heavy atom. The van der Waals surface area contributed by atoms with Crippen molar-refractivity contribution in [2.45, 2.75) is 11.7 Å². The zero-order valence-corrected chi connectivity index (χ0v) is 14.7. The molecule has 10 heteroatoms. The smallest absolute Gasteiger partial charge is 0.305 e. The second-order valence-corrected chi connectivity index (χ2v) is 6.71. The maximum atomic E-state index is 13.7. The van der Waals surface area contributed by atoms with E-state index < -0.39 is 22.9 Å². The molecular formula is C13H11FIN3O4S. The third-order valence-corrected chi connectivity index (χ3v) is 4.59. The molecule has 1 aromatic rings. The minimum Gasteiger partial charge on any atom is -0.493 e. The molecule has 0 radical (unpaired) electrons. The fourth-order valence-corrected chi connectivity index (χ4v) is 3.49. The van der Waals surface area contributed by atoms with Gasteiger partial charge in [-0.1, -0.05) is 11.8 Å². The summed E-state index contributed by atoms with van der Waals surface area (Å²) in [7, 11) is 1.38. The molecule has 1 heterocycles. The number of benzene rings is 1. The Morgan fingerprint density at radius 1 is 1.61 bits per heavy atom. The number of carboxylic acids is 1. The van der Waals surface area contributed by atoms with Gasteiger partial charge in [0, 0.05) is 0 Å². The van der Waals surface area contributed by atoms with E-state index in [0.29, 0.717) is 9.13 Å². The number of amides is 1. The van der Waals surface area contributed by atoms with Crippen LogP contribution in [-0.4, -0.2) is 40.7 Å². The lowest BCUT2D eigenvalue weighted by Crippen LogP contribution is -2.26. The number of hydrogen-bond donors (Lipinski definition) is 2. The van der Waals surface area contributed by atoms with Crippen LogP contribution in [0.25, 0.3) is 0 Å². The Hall–Kier alpha value is -1.69. The average Bonchev–Trinajstić information content (AvgIpc) is 2.78. The molecule has 1 fully saturated rings. The number of thioether (sulfide) groups is 1. The number of carbonyl (C=O) groups is 2. The maximum absolute atomic E-state index is 13.7. The van der Waals surface area contributed by atoms with Crippen LogP contribution in [0.1, 0.15) is 12.0 Å². The molecule has 23 heavy (non-hydrogen) atoms. The van der Waals surface area contributed by atoms with Crippen molar-refractivity contribution in [2.75, 3.05) is 7.11 Å². The first-order valence-electron chi connectivity index (χ1n) is 6.24. The van der Waals surface area contributed by atoms with Gasteiger partial charge in [-0.2, -0.15) is 5.10 Å². The van der Waals surface area contributed by atoms with Crippen molar-refractivity contribution >= 4 is 57.6 Å². The number of carbonyl (C=O) groups excluding carboxylic acids is 1. The van der Waals surface area contributed by atoms with Crippen molar-refractivity contribution in [3.63, 3.8) is 0 Å². The molecule has 1 aliphatic rings. The van der Waals surface area contributed by atoms with Gasteiger partial charge in [-0.25, -0.2) is 4.39 Å². The predicted molar refractivity (Wildman–Crippen MR) is 92.5 cm³/mol. The van der Waals surface area contributed by atoms with Crippen LogP contribution in [-0.2, 0) is 9.59 Å². The Balaban J connectivity index is 2.07. The van der Waals surface area contributed by atoms with Crippen LogP contribution in [0.3, 0.4) is 0 Å². The van der Waals surface area contributed by atoms with Crippen molar-refractivity contribution in [3.8, 4) is 5.75 Å². The molecule has 7 nitrogen and oxygen atoms in total. The number of amidine groups is 1. The lowest BCUT2D eigenvalue weighted by Gasteiger charge is -2.05. The number of nitrogens with zero attached hydrogens (tertiary/aromatic N) is 2. The van der Waals surface area contributed by atoms with E-state index >= 15 is 0 Å². The van der Waals surface area contributed by atoms with E-state index in [1.54, 1.807) is 6.07 Å². The van der Waals surface area contributed by atoms with E-state index in [4.69, 9.17) is 9.84 Å². The summed E-state index contributed by atoms with van der Waals surface area (Å²) in [6, 6.07) is 2.91. The number of rotatable bonds is 5. The number of methoxy groups -OCH3 is 1. The average molecular weight is 451 g/mol. The Morgan fingerprint density at radius 2 is 2.35 bits per heavy atom. The molecule has 0 aliphatic carbocycles. The summed E-state index contributed by atoms with van der Waals surface area (Å²) in [5.74, 6) is -1.84. The molecule has 1 atom stereocenters. The minimum absolute atomic E-state index is 0.157. The summed E-state index contributed by atoms with van der Waals surface area (Å²) >= 11 is 2.93.